The minimum Gasteiger partial charge on any atom is -0.455 e. The smallest absolute Gasteiger partial charge is 0.143 e. The van der Waals surface area contributed by atoms with Gasteiger partial charge in [-0.2, -0.15) is 0 Å². The minimum absolute atomic E-state index is 0.913. The number of hydrogen-bond acceptors (Lipinski definition) is 6. The zero-order valence-corrected chi connectivity index (χ0v) is 47.1. The van der Waals surface area contributed by atoms with Crippen molar-refractivity contribution in [2.24, 2.45) is 0 Å². The highest BCUT2D eigenvalue weighted by molar-refractivity contribution is 7.26. The maximum absolute atomic E-state index is 6.34. The largest absolute Gasteiger partial charge is 0.455 e. The average Bonchev–Trinajstić information content (AvgIpc) is 1.48. The molecule has 0 amide bonds. The third-order valence-electron chi connectivity index (χ3n) is 17.1. The van der Waals surface area contributed by atoms with E-state index < -0.39 is 0 Å². The van der Waals surface area contributed by atoms with Crippen molar-refractivity contribution in [1.82, 2.24) is 19.9 Å². The van der Waals surface area contributed by atoms with Crippen LogP contribution in [0.2, 0.25) is 0 Å². The predicted octanol–water partition coefficient (Wildman–Crippen LogP) is 22.1. The van der Waals surface area contributed by atoms with E-state index in [2.05, 4.69) is 255 Å². The van der Waals surface area contributed by atoms with E-state index >= 15 is 0 Å². The number of hydrogen-bond donors (Lipinski definition) is 0. The van der Waals surface area contributed by atoms with Gasteiger partial charge >= 0.3 is 0 Å². The number of thiophene rings is 1. The molecule has 0 fully saturated rings. The Morgan fingerprint density at radius 2 is 0.593 bits per heavy atom. The molecular formula is C80H48N4OS. The van der Waals surface area contributed by atoms with E-state index in [9.17, 15) is 0 Å². The quantitative estimate of drug-likeness (QED) is 0.155. The number of furan rings is 1. The number of rotatable bonds is 6. The second-order valence-electron chi connectivity index (χ2n) is 22.0. The van der Waals surface area contributed by atoms with Crippen LogP contribution in [0, 0.1) is 0 Å². The van der Waals surface area contributed by atoms with Crippen molar-refractivity contribution in [3.05, 3.63) is 292 Å². The number of nitrogens with zero attached hydrogens (tertiary/aromatic N) is 4. The molecule has 4 aromatic heterocycles. The van der Waals surface area contributed by atoms with Gasteiger partial charge in [-0.3, -0.25) is 19.9 Å². The molecule has 400 valence electrons. The van der Waals surface area contributed by atoms with Crippen LogP contribution < -0.4 is 0 Å². The van der Waals surface area contributed by atoms with Crippen LogP contribution in [0.4, 0.5) is 0 Å². The standard InChI is InChI=1S/C40H24N2O.C40H24N2S/c2*1-2-14-34-31(12-1)32-19-18-28(24-36(32)39-38(34)41-20-21-42-39)26-9-5-8-25(22-26)27-10-6-11-29(23-27)30-15-7-16-35-33-13-3-4-17-37(33)43-40(30)35/h2*1-24H. The lowest BCUT2D eigenvalue weighted by molar-refractivity contribution is 0.670. The Balaban J connectivity index is 0.000000134. The van der Waals surface area contributed by atoms with E-state index in [1.165, 1.54) is 80.7 Å². The fourth-order valence-corrected chi connectivity index (χ4v) is 14.3. The van der Waals surface area contributed by atoms with Crippen LogP contribution in [0.5, 0.6) is 0 Å². The Morgan fingerprint density at radius 1 is 0.233 bits per heavy atom. The van der Waals surface area contributed by atoms with Crippen molar-refractivity contribution >= 4 is 119 Å². The summed E-state index contributed by atoms with van der Waals surface area (Å²) in [4.78, 5) is 19.0. The first-order valence-corrected chi connectivity index (χ1v) is 29.8. The minimum atomic E-state index is 0.913. The van der Waals surface area contributed by atoms with E-state index in [0.29, 0.717) is 0 Å². The molecule has 0 saturated heterocycles. The van der Waals surface area contributed by atoms with Crippen LogP contribution in [0.15, 0.2) is 296 Å². The summed E-state index contributed by atoms with van der Waals surface area (Å²) in [6, 6.07) is 95.7. The zero-order valence-electron chi connectivity index (χ0n) is 46.3. The van der Waals surface area contributed by atoms with Gasteiger partial charge in [-0.05, 0) is 131 Å². The molecule has 6 heteroatoms. The first-order chi connectivity index (χ1) is 42.6. The van der Waals surface area contributed by atoms with Gasteiger partial charge in [-0.1, -0.05) is 218 Å². The second kappa shape index (κ2) is 20.3. The van der Waals surface area contributed by atoms with Gasteiger partial charge in [0.2, 0.25) is 0 Å². The first kappa shape index (κ1) is 49.4. The van der Waals surface area contributed by atoms with E-state index in [-0.39, 0.29) is 0 Å². The maximum atomic E-state index is 6.34. The molecule has 0 radical (unpaired) electrons. The molecule has 0 aliphatic carbocycles. The van der Waals surface area contributed by atoms with Gasteiger partial charge in [0.15, 0.2) is 0 Å². The van der Waals surface area contributed by atoms with Crippen LogP contribution in [0.3, 0.4) is 0 Å². The molecule has 18 rings (SSSR count). The van der Waals surface area contributed by atoms with Gasteiger partial charge in [-0.25, -0.2) is 0 Å². The zero-order chi connectivity index (χ0) is 56.7. The van der Waals surface area contributed by atoms with Crippen LogP contribution in [0.1, 0.15) is 0 Å². The van der Waals surface area contributed by atoms with Crippen LogP contribution in [-0.2, 0) is 0 Å². The van der Waals surface area contributed by atoms with Crippen molar-refractivity contribution in [2.75, 3.05) is 0 Å². The number of aromatic nitrogens is 4. The SMILES string of the molecule is c1cc(-c2cccc(-c3cccc4c3oc3ccccc34)c2)cc(-c2ccc3c4ccccc4c4nccnc4c3c2)c1.c1cc(-c2cccc(-c3cccc4c3sc3ccccc34)c2)cc(-c2ccc3c4ccccc4c4nccnc4c3c2)c1. The molecule has 0 N–H and O–H groups in total. The molecule has 18 aromatic rings. The van der Waals surface area contributed by atoms with Crippen LogP contribution in [-0.4, -0.2) is 19.9 Å². The highest BCUT2D eigenvalue weighted by Crippen LogP contribution is 2.43. The van der Waals surface area contributed by atoms with E-state index in [4.69, 9.17) is 24.4 Å². The lowest BCUT2D eigenvalue weighted by Gasteiger charge is -2.12. The topological polar surface area (TPSA) is 64.7 Å². The summed E-state index contributed by atoms with van der Waals surface area (Å²) >= 11 is 1.88. The second-order valence-corrected chi connectivity index (χ2v) is 23.1. The molecule has 14 aromatic carbocycles. The van der Waals surface area contributed by atoms with Crippen LogP contribution in [0.25, 0.3) is 174 Å². The highest BCUT2D eigenvalue weighted by atomic mass is 32.1. The van der Waals surface area contributed by atoms with Crippen LogP contribution >= 0.6 is 11.3 Å². The Labute approximate surface area is 498 Å². The normalized spacial score (nSPS) is 11.7. The fraction of sp³-hybridized carbons (Fsp3) is 0. The molecule has 0 atom stereocenters. The summed E-state index contributed by atoms with van der Waals surface area (Å²) in [6.45, 7) is 0. The fourth-order valence-electron chi connectivity index (χ4n) is 13.1. The third kappa shape index (κ3) is 8.29. The van der Waals surface area contributed by atoms with Crippen molar-refractivity contribution < 1.29 is 4.42 Å². The lowest BCUT2D eigenvalue weighted by atomic mass is 9.93. The molecule has 4 heterocycles. The molecule has 0 aliphatic rings. The molecule has 5 nitrogen and oxygen atoms in total. The molecule has 0 aliphatic heterocycles. The summed E-state index contributed by atoms with van der Waals surface area (Å²) in [7, 11) is 0. The Kier molecular flexibility index (Phi) is 11.7. The molecule has 0 saturated carbocycles. The van der Waals surface area contributed by atoms with Gasteiger partial charge < -0.3 is 4.42 Å². The third-order valence-corrected chi connectivity index (χ3v) is 18.3. The molecule has 0 unspecified atom stereocenters. The summed E-state index contributed by atoms with van der Waals surface area (Å²) in [6.07, 6.45) is 7.12. The Bertz CT molecular complexity index is 5340. The summed E-state index contributed by atoms with van der Waals surface area (Å²) in [5, 5.41) is 14.2. The van der Waals surface area contributed by atoms with Gasteiger partial charge in [0, 0.05) is 82.8 Å². The van der Waals surface area contributed by atoms with Crippen molar-refractivity contribution in [3.8, 4) is 66.8 Å². The van der Waals surface area contributed by atoms with Gasteiger partial charge in [0.05, 0.1) is 22.1 Å². The summed E-state index contributed by atoms with van der Waals surface area (Å²) in [5.74, 6) is 0. The van der Waals surface area contributed by atoms with Crippen molar-refractivity contribution in [1.29, 1.82) is 0 Å². The predicted molar refractivity (Wildman–Crippen MR) is 362 cm³/mol. The number of benzene rings is 14. The van der Waals surface area contributed by atoms with Gasteiger partial charge in [0.25, 0.3) is 0 Å². The Hall–Kier alpha value is -11.2. The summed E-state index contributed by atoms with van der Waals surface area (Å²) in [5.41, 5.74) is 19.8. The molecular weight excluding hydrogens is 1060 g/mol. The average molecular weight is 1110 g/mol. The molecule has 0 bridgehead atoms. The number of para-hydroxylation sites is 2. The lowest BCUT2D eigenvalue weighted by Crippen LogP contribution is -1.89. The highest BCUT2D eigenvalue weighted by Gasteiger charge is 2.17. The van der Waals surface area contributed by atoms with E-state index in [1.54, 1.807) is 24.8 Å². The van der Waals surface area contributed by atoms with Crippen molar-refractivity contribution in [3.63, 3.8) is 0 Å². The monoisotopic (exact) mass is 1110 g/mol. The molecule has 86 heavy (non-hydrogen) atoms. The van der Waals surface area contributed by atoms with Gasteiger partial charge in [-0.15, -0.1) is 11.3 Å². The van der Waals surface area contributed by atoms with Crippen molar-refractivity contribution in [2.45, 2.75) is 0 Å². The van der Waals surface area contributed by atoms with E-state index in [1.807, 2.05) is 23.5 Å². The van der Waals surface area contributed by atoms with Gasteiger partial charge in [0.1, 0.15) is 11.2 Å². The summed E-state index contributed by atoms with van der Waals surface area (Å²) < 4.78 is 9.01. The molecule has 0 spiro atoms. The first-order valence-electron chi connectivity index (χ1n) is 29.0. The van der Waals surface area contributed by atoms with E-state index in [0.717, 1.165) is 93.4 Å². The Morgan fingerprint density at radius 3 is 1.13 bits per heavy atom. The maximum Gasteiger partial charge on any atom is 0.143 e. The number of fused-ring (bicyclic) bond motifs is 18.